The molecule has 1 saturated heterocycles. The molecule has 0 unspecified atom stereocenters. The smallest absolute Gasteiger partial charge is 0.251 e. The van der Waals surface area contributed by atoms with Gasteiger partial charge >= 0.3 is 0 Å². The number of nitrogens with zero attached hydrogens (tertiary/aromatic N) is 1. The van der Waals surface area contributed by atoms with Gasteiger partial charge < -0.3 is 5.32 Å². The third kappa shape index (κ3) is 5.93. The van der Waals surface area contributed by atoms with Crippen LogP contribution in [0.4, 0.5) is 0 Å². The van der Waals surface area contributed by atoms with Gasteiger partial charge in [-0.1, -0.05) is 12.1 Å². The largest absolute Gasteiger partial charge is 0.351 e. The first-order valence-corrected chi connectivity index (χ1v) is 9.72. The molecule has 1 aromatic carbocycles. The highest BCUT2D eigenvalue weighted by atomic mass is 32.2. The van der Waals surface area contributed by atoms with E-state index in [1.54, 1.807) is 6.92 Å². The number of nitrogens with one attached hydrogen (secondary N) is 2. The molecule has 1 aromatic rings. The van der Waals surface area contributed by atoms with Gasteiger partial charge in [-0.05, 0) is 50.6 Å². The zero-order chi connectivity index (χ0) is 16.7. The summed E-state index contributed by atoms with van der Waals surface area (Å²) in [6, 6.07) is 7.59. The Morgan fingerprint density at radius 2 is 1.78 bits per heavy atom. The first kappa shape index (κ1) is 17.9. The van der Waals surface area contributed by atoms with Crippen LogP contribution in [0.5, 0.6) is 0 Å². The summed E-state index contributed by atoms with van der Waals surface area (Å²) in [5.41, 5.74) is 1.80. The molecule has 0 atom stereocenters. The minimum atomic E-state index is -3.21. The minimum Gasteiger partial charge on any atom is -0.351 e. The highest BCUT2D eigenvalue weighted by Gasteiger charge is 2.12. The van der Waals surface area contributed by atoms with Crippen molar-refractivity contribution >= 4 is 15.9 Å². The summed E-state index contributed by atoms with van der Waals surface area (Å²) in [5.74, 6) is -0.146. The molecule has 1 aliphatic heterocycles. The van der Waals surface area contributed by atoms with Crippen molar-refractivity contribution in [2.24, 2.45) is 0 Å². The van der Waals surface area contributed by atoms with Gasteiger partial charge in [0.1, 0.15) is 0 Å². The SMILES string of the molecule is CCS(=O)(=O)NCCNC(=O)c1ccc(CN2CCCC2)cc1. The summed E-state index contributed by atoms with van der Waals surface area (Å²) in [6.07, 6.45) is 2.53. The Morgan fingerprint density at radius 1 is 1.13 bits per heavy atom. The van der Waals surface area contributed by atoms with Crippen molar-refractivity contribution in [3.05, 3.63) is 35.4 Å². The number of sulfonamides is 1. The molecular weight excluding hydrogens is 314 g/mol. The summed E-state index contributed by atoms with van der Waals surface area (Å²) in [7, 11) is -3.21. The molecule has 2 N–H and O–H groups in total. The second-order valence-corrected chi connectivity index (χ2v) is 7.83. The zero-order valence-corrected chi connectivity index (χ0v) is 14.4. The van der Waals surface area contributed by atoms with Gasteiger partial charge in [0.25, 0.3) is 5.91 Å². The van der Waals surface area contributed by atoms with E-state index in [4.69, 9.17) is 0 Å². The summed E-state index contributed by atoms with van der Waals surface area (Å²) in [4.78, 5) is 14.4. The van der Waals surface area contributed by atoms with Crippen molar-refractivity contribution < 1.29 is 13.2 Å². The Labute approximate surface area is 138 Å². The highest BCUT2D eigenvalue weighted by molar-refractivity contribution is 7.89. The fourth-order valence-electron chi connectivity index (χ4n) is 2.55. The number of carbonyl (C=O) groups excluding carboxylic acids is 1. The van der Waals surface area contributed by atoms with E-state index in [1.165, 1.54) is 18.4 Å². The van der Waals surface area contributed by atoms with Crippen LogP contribution in [0.3, 0.4) is 0 Å². The number of rotatable bonds is 8. The molecule has 2 rings (SSSR count). The number of amides is 1. The topological polar surface area (TPSA) is 78.5 Å². The van der Waals surface area contributed by atoms with E-state index >= 15 is 0 Å². The van der Waals surface area contributed by atoms with Gasteiger partial charge in [0, 0.05) is 25.2 Å². The predicted molar refractivity (Wildman–Crippen MR) is 90.7 cm³/mol. The molecule has 1 amide bonds. The zero-order valence-electron chi connectivity index (χ0n) is 13.5. The van der Waals surface area contributed by atoms with Crippen LogP contribution in [0.25, 0.3) is 0 Å². The molecule has 0 radical (unpaired) electrons. The molecule has 1 aliphatic rings. The van der Waals surface area contributed by atoms with E-state index in [0.717, 1.165) is 19.6 Å². The van der Waals surface area contributed by atoms with Crippen molar-refractivity contribution in [1.29, 1.82) is 0 Å². The molecule has 6 nitrogen and oxygen atoms in total. The van der Waals surface area contributed by atoms with Gasteiger partial charge in [-0.15, -0.1) is 0 Å². The number of likely N-dealkylation sites (tertiary alicyclic amines) is 1. The van der Waals surface area contributed by atoms with E-state index in [-0.39, 0.29) is 24.7 Å². The third-order valence-electron chi connectivity index (χ3n) is 3.93. The molecule has 0 saturated carbocycles. The average molecular weight is 339 g/mol. The Morgan fingerprint density at radius 3 is 2.39 bits per heavy atom. The Hall–Kier alpha value is -1.44. The molecular formula is C16H25N3O3S. The summed E-state index contributed by atoms with van der Waals surface area (Å²) < 4.78 is 24.9. The Balaban J connectivity index is 1.76. The summed E-state index contributed by atoms with van der Waals surface area (Å²) in [6.45, 7) is 5.28. The number of benzene rings is 1. The van der Waals surface area contributed by atoms with E-state index in [9.17, 15) is 13.2 Å². The molecule has 23 heavy (non-hydrogen) atoms. The number of hydrogen-bond donors (Lipinski definition) is 2. The molecule has 7 heteroatoms. The van der Waals surface area contributed by atoms with Gasteiger partial charge in [0.05, 0.1) is 5.75 Å². The Bertz CT molecular complexity index is 608. The molecule has 0 aromatic heterocycles. The first-order valence-electron chi connectivity index (χ1n) is 8.07. The van der Waals surface area contributed by atoms with Crippen LogP contribution in [0.1, 0.15) is 35.7 Å². The standard InChI is InChI=1S/C16H25N3O3S/c1-2-23(21,22)18-10-9-17-16(20)15-7-5-14(6-8-15)13-19-11-3-4-12-19/h5-8,18H,2-4,9-13H2,1H3,(H,17,20). The van der Waals surface area contributed by atoms with E-state index in [2.05, 4.69) is 14.9 Å². The monoisotopic (exact) mass is 339 g/mol. The lowest BCUT2D eigenvalue weighted by molar-refractivity contribution is 0.0954. The van der Waals surface area contributed by atoms with Crippen LogP contribution in [0.2, 0.25) is 0 Å². The lowest BCUT2D eigenvalue weighted by Gasteiger charge is -2.14. The highest BCUT2D eigenvalue weighted by Crippen LogP contribution is 2.13. The first-order chi connectivity index (χ1) is 11.0. The van der Waals surface area contributed by atoms with Crippen molar-refractivity contribution in [3.8, 4) is 0 Å². The van der Waals surface area contributed by atoms with Crippen LogP contribution in [-0.2, 0) is 16.6 Å². The summed E-state index contributed by atoms with van der Waals surface area (Å²) >= 11 is 0. The van der Waals surface area contributed by atoms with Crippen LogP contribution in [0, 0.1) is 0 Å². The Kier molecular flexibility index (Phi) is 6.56. The molecule has 128 valence electrons. The van der Waals surface area contributed by atoms with Gasteiger partial charge in [-0.2, -0.15) is 0 Å². The van der Waals surface area contributed by atoms with Crippen LogP contribution >= 0.6 is 0 Å². The average Bonchev–Trinajstić information content (AvgIpc) is 3.05. The van der Waals surface area contributed by atoms with E-state index in [0.29, 0.717) is 5.56 Å². The maximum Gasteiger partial charge on any atom is 0.251 e. The number of carbonyl (C=O) groups is 1. The lowest BCUT2D eigenvalue weighted by atomic mass is 10.1. The van der Waals surface area contributed by atoms with Crippen molar-refractivity contribution in [1.82, 2.24) is 14.9 Å². The summed E-state index contributed by atoms with van der Waals surface area (Å²) in [5, 5.41) is 2.71. The van der Waals surface area contributed by atoms with Gasteiger partial charge in [-0.25, -0.2) is 13.1 Å². The van der Waals surface area contributed by atoms with Crippen LogP contribution in [-0.4, -0.2) is 51.2 Å². The quantitative estimate of drug-likeness (QED) is 0.691. The third-order valence-corrected chi connectivity index (χ3v) is 5.34. The fraction of sp³-hybridized carbons (Fsp3) is 0.562. The van der Waals surface area contributed by atoms with Crippen molar-refractivity contribution in [3.63, 3.8) is 0 Å². The predicted octanol–water partition coefficient (Wildman–Crippen LogP) is 0.952. The van der Waals surface area contributed by atoms with Crippen LogP contribution < -0.4 is 10.0 Å². The van der Waals surface area contributed by atoms with Crippen molar-refractivity contribution in [2.45, 2.75) is 26.3 Å². The van der Waals surface area contributed by atoms with Gasteiger partial charge in [0.15, 0.2) is 0 Å². The normalized spacial score (nSPS) is 15.7. The van der Waals surface area contributed by atoms with E-state index in [1.807, 2.05) is 24.3 Å². The van der Waals surface area contributed by atoms with Crippen LogP contribution in [0.15, 0.2) is 24.3 Å². The second kappa shape index (κ2) is 8.42. The lowest BCUT2D eigenvalue weighted by Crippen LogP contribution is -2.35. The maximum atomic E-state index is 12.0. The molecule has 0 bridgehead atoms. The molecule has 0 aliphatic carbocycles. The van der Waals surface area contributed by atoms with Gasteiger partial charge in [-0.3, -0.25) is 9.69 Å². The molecule has 0 spiro atoms. The van der Waals surface area contributed by atoms with Crippen molar-refractivity contribution in [2.75, 3.05) is 31.9 Å². The number of hydrogen-bond acceptors (Lipinski definition) is 4. The second-order valence-electron chi connectivity index (χ2n) is 5.73. The van der Waals surface area contributed by atoms with E-state index < -0.39 is 10.0 Å². The molecule has 1 fully saturated rings. The minimum absolute atomic E-state index is 0.0411. The maximum absolute atomic E-state index is 12.0. The van der Waals surface area contributed by atoms with Gasteiger partial charge in [0.2, 0.25) is 10.0 Å². The molecule has 1 heterocycles. The fourth-order valence-corrected chi connectivity index (χ4v) is 3.16.